The largest absolute Gasteiger partial charge is 0.495 e. The summed E-state index contributed by atoms with van der Waals surface area (Å²) in [4.78, 5) is 17.0. The summed E-state index contributed by atoms with van der Waals surface area (Å²) in [6, 6.07) is 17.7. The van der Waals surface area contributed by atoms with E-state index in [4.69, 9.17) is 4.74 Å². The maximum absolute atomic E-state index is 12.7. The first-order valence-electron chi connectivity index (χ1n) is 10.2. The molecule has 0 saturated carbocycles. The van der Waals surface area contributed by atoms with Gasteiger partial charge in [0.2, 0.25) is 0 Å². The van der Waals surface area contributed by atoms with Crippen molar-refractivity contribution in [2.24, 2.45) is 7.05 Å². The molecule has 0 unspecified atom stereocenters. The Morgan fingerprint density at radius 1 is 1.16 bits per heavy atom. The van der Waals surface area contributed by atoms with Crippen LogP contribution >= 0.6 is 0 Å². The van der Waals surface area contributed by atoms with Crippen molar-refractivity contribution in [2.75, 3.05) is 19.0 Å². The summed E-state index contributed by atoms with van der Waals surface area (Å²) in [7, 11) is 3.63. The molecule has 1 atom stereocenters. The topological polar surface area (TPSA) is 68.2 Å². The molecule has 0 aliphatic rings. The number of hydrogen-bond donors (Lipinski definition) is 2. The second kappa shape index (κ2) is 8.92. The third-order valence-electron chi connectivity index (χ3n) is 5.46. The third-order valence-corrected chi connectivity index (χ3v) is 5.46. The summed E-state index contributed by atoms with van der Waals surface area (Å²) in [5.74, 6) is 0.587. The molecule has 0 saturated heterocycles. The van der Waals surface area contributed by atoms with Gasteiger partial charge in [-0.05, 0) is 47.9 Å². The van der Waals surface area contributed by atoms with Crippen LogP contribution in [0.1, 0.15) is 22.6 Å². The molecule has 4 rings (SSSR count). The molecule has 6 nitrogen and oxygen atoms in total. The maximum atomic E-state index is 12.7. The summed E-state index contributed by atoms with van der Waals surface area (Å²) in [5, 5.41) is 7.11. The molecule has 31 heavy (non-hydrogen) atoms. The molecule has 2 heterocycles. The number of benzene rings is 2. The van der Waals surface area contributed by atoms with E-state index in [1.807, 2.05) is 62.6 Å². The van der Waals surface area contributed by atoms with E-state index in [-0.39, 0.29) is 11.9 Å². The predicted octanol–water partition coefficient (Wildman–Crippen LogP) is 4.84. The van der Waals surface area contributed by atoms with Crippen molar-refractivity contribution in [3.8, 4) is 5.75 Å². The van der Waals surface area contributed by atoms with Crippen LogP contribution in [0.4, 0.5) is 10.5 Å². The highest BCUT2D eigenvalue weighted by Gasteiger charge is 2.20. The first-order chi connectivity index (χ1) is 15.1. The fraction of sp³-hybridized carbons (Fsp3) is 0.200. The van der Waals surface area contributed by atoms with Gasteiger partial charge in [-0.3, -0.25) is 4.98 Å². The van der Waals surface area contributed by atoms with Crippen LogP contribution in [0.15, 0.2) is 73.2 Å². The van der Waals surface area contributed by atoms with Gasteiger partial charge in [-0.1, -0.05) is 30.3 Å². The van der Waals surface area contributed by atoms with Crippen LogP contribution in [-0.4, -0.2) is 29.2 Å². The molecular formula is C25H26N4O2. The number of pyridine rings is 1. The van der Waals surface area contributed by atoms with Crippen LogP contribution in [0.25, 0.3) is 10.9 Å². The molecule has 0 fully saturated rings. The summed E-state index contributed by atoms with van der Waals surface area (Å²) in [5.41, 5.74) is 5.04. The molecule has 2 aromatic carbocycles. The number of fused-ring (bicyclic) bond motifs is 1. The SMILES string of the molecule is COc1ccc(C)cc1NC(=O)NC[C@@H](c1cccnc1)c1cn(C)c2ccccc12. The number of aromatic nitrogens is 2. The van der Waals surface area contributed by atoms with E-state index in [0.717, 1.165) is 22.2 Å². The first-order valence-corrected chi connectivity index (χ1v) is 10.2. The van der Waals surface area contributed by atoms with Crippen molar-refractivity contribution in [3.05, 3.63) is 89.9 Å². The monoisotopic (exact) mass is 414 g/mol. The Morgan fingerprint density at radius 2 is 2.00 bits per heavy atom. The zero-order valence-electron chi connectivity index (χ0n) is 17.9. The molecule has 0 radical (unpaired) electrons. The van der Waals surface area contributed by atoms with Crippen LogP contribution in [0.2, 0.25) is 0 Å². The number of anilines is 1. The van der Waals surface area contributed by atoms with Gasteiger partial charge in [0.05, 0.1) is 12.8 Å². The molecule has 158 valence electrons. The zero-order valence-corrected chi connectivity index (χ0v) is 17.9. The second-order valence-corrected chi connectivity index (χ2v) is 7.59. The Bertz CT molecular complexity index is 1200. The Balaban J connectivity index is 1.59. The highest BCUT2D eigenvalue weighted by Crippen LogP contribution is 2.31. The fourth-order valence-corrected chi connectivity index (χ4v) is 3.92. The van der Waals surface area contributed by atoms with Crippen molar-refractivity contribution in [3.63, 3.8) is 0 Å². The lowest BCUT2D eigenvalue weighted by molar-refractivity contribution is 0.251. The van der Waals surface area contributed by atoms with Crippen LogP contribution in [0, 0.1) is 6.92 Å². The van der Waals surface area contributed by atoms with Gasteiger partial charge in [-0.15, -0.1) is 0 Å². The summed E-state index contributed by atoms with van der Waals surface area (Å²) >= 11 is 0. The molecule has 6 heteroatoms. The predicted molar refractivity (Wildman–Crippen MR) is 124 cm³/mol. The standard InChI is InChI=1S/C25H26N4O2/c1-17-10-11-24(31-3)22(13-17)28-25(30)27-15-20(18-7-6-12-26-14-18)21-16-29(2)23-9-5-4-8-19(21)23/h4-14,16,20H,15H2,1-3H3,(H2,27,28,30)/t20-/m0/s1. The number of hydrogen-bond acceptors (Lipinski definition) is 3. The van der Waals surface area contributed by atoms with Gasteiger partial charge in [0, 0.05) is 49.0 Å². The van der Waals surface area contributed by atoms with E-state index in [1.54, 1.807) is 13.3 Å². The summed E-state index contributed by atoms with van der Waals surface area (Å²) in [6.07, 6.45) is 5.74. The minimum absolute atomic E-state index is 0.0371. The van der Waals surface area contributed by atoms with Gasteiger partial charge in [0.25, 0.3) is 0 Å². The number of carbonyl (C=O) groups excluding carboxylic acids is 1. The smallest absolute Gasteiger partial charge is 0.319 e. The van der Waals surface area contributed by atoms with Crippen molar-refractivity contribution in [1.29, 1.82) is 0 Å². The number of urea groups is 1. The molecule has 2 amide bonds. The summed E-state index contributed by atoms with van der Waals surface area (Å²) < 4.78 is 7.48. The second-order valence-electron chi connectivity index (χ2n) is 7.59. The summed E-state index contributed by atoms with van der Waals surface area (Å²) in [6.45, 7) is 2.40. The lowest BCUT2D eigenvalue weighted by atomic mass is 9.92. The molecule has 4 aromatic rings. The molecule has 0 aliphatic carbocycles. The van der Waals surface area contributed by atoms with Gasteiger partial charge in [-0.25, -0.2) is 4.79 Å². The van der Waals surface area contributed by atoms with Crippen LogP contribution < -0.4 is 15.4 Å². The Morgan fingerprint density at radius 3 is 2.77 bits per heavy atom. The zero-order chi connectivity index (χ0) is 21.8. The van der Waals surface area contributed by atoms with E-state index >= 15 is 0 Å². The van der Waals surface area contributed by atoms with E-state index in [2.05, 4.69) is 38.5 Å². The van der Waals surface area contributed by atoms with Crippen molar-refractivity contribution >= 4 is 22.6 Å². The number of nitrogens with one attached hydrogen (secondary N) is 2. The highest BCUT2D eigenvalue weighted by atomic mass is 16.5. The van der Waals surface area contributed by atoms with E-state index in [9.17, 15) is 4.79 Å². The van der Waals surface area contributed by atoms with E-state index in [1.165, 1.54) is 5.39 Å². The number of methoxy groups -OCH3 is 1. The Hall–Kier alpha value is -3.80. The number of carbonyl (C=O) groups is 1. The third kappa shape index (κ3) is 4.38. The number of ether oxygens (including phenoxy) is 1. The molecule has 2 aromatic heterocycles. The van der Waals surface area contributed by atoms with Gasteiger partial charge in [0.15, 0.2) is 0 Å². The number of aryl methyl sites for hydroxylation is 2. The van der Waals surface area contributed by atoms with Gasteiger partial charge < -0.3 is 19.9 Å². The normalized spacial score (nSPS) is 11.8. The fourth-order valence-electron chi connectivity index (χ4n) is 3.92. The number of nitrogens with zero attached hydrogens (tertiary/aromatic N) is 2. The van der Waals surface area contributed by atoms with Crippen molar-refractivity contribution in [2.45, 2.75) is 12.8 Å². The van der Waals surface area contributed by atoms with Gasteiger partial charge >= 0.3 is 6.03 Å². The van der Waals surface area contributed by atoms with E-state index in [0.29, 0.717) is 18.0 Å². The quantitative estimate of drug-likeness (QED) is 0.474. The highest BCUT2D eigenvalue weighted by molar-refractivity contribution is 5.91. The minimum Gasteiger partial charge on any atom is -0.495 e. The molecule has 0 bridgehead atoms. The number of rotatable bonds is 6. The first kappa shape index (κ1) is 20.5. The lowest BCUT2D eigenvalue weighted by Crippen LogP contribution is -2.33. The van der Waals surface area contributed by atoms with Crippen molar-refractivity contribution < 1.29 is 9.53 Å². The van der Waals surface area contributed by atoms with Crippen molar-refractivity contribution in [1.82, 2.24) is 14.9 Å². The van der Waals surface area contributed by atoms with Gasteiger partial charge in [0.1, 0.15) is 5.75 Å². The van der Waals surface area contributed by atoms with E-state index < -0.39 is 0 Å². The average molecular weight is 415 g/mol. The van der Waals surface area contributed by atoms with Crippen LogP contribution in [0.3, 0.4) is 0 Å². The molecule has 0 spiro atoms. The Labute approximate surface area is 181 Å². The average Bonchev–Trinajstić information content (AvgIpc) is 3.11. The van der Waals surface area contributed by atoms with Crippen LogP contribution in [-0.2, 0) is 7.05 Å². The number of para-hydroxylation sites is 1. The maximum Gasteiger partial charge on any atom is 0.319 e. The van der Waals surface area contributed by atoms with Gasteiger partial charge in [-0.2, -0.15) is 0 Å². The molecular weight excluding hydrogens is 388 g/mol. The lowest BCUT2D eigenvalue weighted by Gasteiger charge is -2.18. The molecule has 2 N–H and O–H groups in total. The Kier molecular flexibility index (Phi) is 5.89. The van der Waals surface area contributed by atoms with Crippen LogP contribution in [0.5, 0.6) is 5.75 Å². The number of amides is 2. The molecule has 0 aliphatic heterocycles. The minimum atomic E-state index is -0.280.